The Morgan fingerprint density at radius 1 is 1.35 bits per heavy atom. The number of nitriles is 1. The number of alkyl carbamates (subject to hydrolysis) is 1. The second-order valence-corrected chi connectivity index (χ2v) is 10.1. The molecular weight excluding hydrogens is 498 g/mol. The van der Waals surface area contributed by atoms with Gasteiger partial charge in [-0.15, -0.1) is 0 Å². The first-order chi connectivity index (χ1) is 17.5. The van der Waals surface area contributed by atoms with Gasteiger partial charge in [0.25, 0.3) is 5.56 Å². The Kier molecular flexibility index (Phi) is 7.09. The average molecular weight is 526 g/mol. The van der Waals surface area contributed by atoms with Crippen LogP contribution in [-0.4, -0.2) is 50.5 Å². The number of ether oxygens (including phenoxy) is 1. The van der Waals surface area contributed by atoms with Crippen LogP contribution in [0.15, 0.2) is 29.3 Å². The minimum atomic E-state index is -0.626. The van der Waals surface area contributed by atoms with E-state index in [1.54, 1.807) is 45.9 Å². The molecule has 4 N–H and O–H groups in total. The van der Waals surface area contributed by atoms with E-state index >= 15 is 0 Å². The van der Waals surface area contributed by atoms with E-state index in [0.29, 0.717) is 30.9 Å². The number of aromatic nitrogens is 4. The smallest absolute Gasteiger partial charge is 0.407 e. The number of hydrogen-bond acceptors (Lipinski definition) is 10. The van der Waals surface area contributed by atoms with Crippen LogP contribution in [0.1, 0.15) is 51.5 Å². The number of fused-ring (bicyclic) bond motifs is 1. The summed E-state index contributed by atoms with van der Waals surface area (Å²) in [6.45, 7) is 7.99. The maximum Gasteiger partial charge on any atom is 0.407 e. The number of rotatable bonds is 5. The molecule has 1 aromatic carbocycles. The molecule has 3 heterocycles. The lowest BCUT2D eigenvalue weighted by molar-refractivity contribution is 0.0508. The van der Waals surface area contributed by atoms with Gasteiger partial charge in [0.05, 0.1) is 34.6 Å². The number of nitrogens with one attached hydrogen (secondary N) is 2. The summed E-state index contributed by atoms with van der Waals surface area (Å²) in [5.74, 6) is 0.637. The lowest BCUT2D eigenvalue weighted by atomic mass is 10.2. The summed E-state index contributed by atoms with van der Waals surface area (Å²) in [7, 11) is 0. The lowest BCUT2D eigenvalue weighted by Crippen LogP contribution is -2.47. The van der Waals surface area contributed by atoms with Crippen molar-refractivity contribution in [2.75, 3.05) is 29.1 Å². The van der Waals surface area contributed by atoms with Crippen molar-refractivity contribution in [2.24, 2.45) is 0 Å². The predicted octanol–water partition coefficient (Wildman–Crippen LogP) is 2.70. The highest BCUT2D eigenvalue weighted by Gasteiger charge is 2.30. The van der Waals surface area contributed by atoms with Crippen molar-refractivity contribution in [1.82, 2.24) is 24.9 Å². The molecule has 37 heavy (non-hydrogen) atoms. The van der Waals surface area contributed by atoms with Gasteiger partial charge in [-0.2, -0.15) is 5.26 Å². The summed E-state index contributed by atoms with van der Waals surface area (Å²) in [4.78, 5) is 38.8. The fraction of sp³-hybridized carbons (Fsp3) is 0.417. The number of hydrogen-bond donors (Lipinski definition) is 3. The van der Waals surface area contributed by atoms with Crippen molar-refractivity contribution in [1.29, 1.82) is 5.26 Å². The Bertz CT molecular complexity index is 1440. The van der Waals surface area contributed by atoms with Gasteiger partial charge in [0, 0.05) is 6.54 Å². The van der Waals surface area contributed by atoms with E-state index < -0.39 is 17.7 Å². The molecule has 1 amide bonds. The van der Waals surface area contributed by atoms with Gasteiger partial charge in [0.1, 0.15) is 35.2 Å². The minimum Gasteiger partial charge on any atom is -0.444 e. The van der Waals surface area contributed by atoms with Crippen molar-refractivity contribution in [3.8, 4) is 6.07 Å². The van der Waals surface area contributed by atoms with Crippen LogP contribution in [0.4, 0.5) is 16.4 Å². The molecule has 3 aromatic rings. The summed E-state index contributed by atoms with van der Waals surface area (Å²) in [5.41, 5.74) is 5.38. The zero-order valence-corrected chi connectivity index (χ0v) is 21.7. The van der Waals surface area contributed by atoms with Gasteiger partial charge in [0.2, 0.25) is 0 Å². The highest BCUT2D eigenvalue weighted by atomic mass is 35.5. The number of benzene rings is 1. The van der Waals surface area contributed by atoms with Gasteiger partial charge in [-0.3, -0.25) is 4.79 Å². The Labute approximate surface area is 218 Å². The highest BCUT2D eigenvalue weighted by Crippen LogP contribution is 2.25. The predicted molar refractivity (Wildman–Crippen MR) is 140 cm³/mol. The monoisotopic (exact) mass is 525 g/mol. The molecule has 4 rings (SSSR count). The average Bonchev–Trinajstić information content (AvgIpc) is 3.25. The van der Waals surface area contributed by atoms with E-state index in [4.69, 9.17) is 27.1 Å². The third-order valence-corrected chi connectivity index (χ3v) is 6.06. The van der Waals surface area contributed by atoms with E-state index in [1.807, 2.05) is 11.1 Å². The van der Waals surface area contributed by atoms with Crippen LogP contribution < -0.4 is 26.9 Å². The van der Waals surface area contributed by atoms with Gasteiger partial charge < -0.3 is 26.1 Å². The van der Waals surface area contributed by atoms with Crippen molar-refractivity contribution in [2.45, 2.75) is 51.8 Å². The fourth-order valence-corrected chi connectivity index (χ4v) is 4.41. The number of nitrogen functional groups attached to an aromatic ring is 1. The van der Waals surface area contributed by atoms with Crippen molar-refractivity contribution in [3.05, 3.63) is 51.3 Å². The molecule has 1 aliphatic heterocycles. The molecule has 1 unspecified atom stereocenters. The molecule has 0 spiro atoms. The maximum absolute atomic E-state index is 13.8. The van der Waals surface area contributed by atoms with Crippen LogP contribution in [-0.2, 0) is 4.74 Å². The molecule has 0 radical (unpaired) electrons. The van der Waals surface area contributed by atoms with Gasteiger partial charge in [-0.05, 0) is 46.2 Å². The number of halogens is 1. The van der Waals surface area contributed by atoms with Crippen LogP contribution in [0, 0.1) is 11.3 Å². The van der Waals surface area contributed by atoms with E-state index in [0.717, 1.165) is 0 Å². The third kappa shape index (κ3) is 5.51. The molecule has 1 saturated heterocycles. The number of carbonyl (C=O) groups is 1. The number of carbonyl (C=O) groups excluding carboxylic acids is 1. The van der Waals surface area contributed by atoms with E-state index in [1.165, 1.54) is 11.0 Å². The zero-order valence-electron chi connectivity index (χ0n) is 20.9. The highest BCUT2D eigenvalue weighted by molar-refractivity contribution is 6.35. The maximum atomic E-state index is 13.8. The number of nitrogens with two attached hydrogens (primary N) is 1. The molecule has 1 fully saturated rings. The second kappa shape index (κ2) is 10.1. The summed E-state index contributed by atoms with van der Waals surface area (Å²) < 4.78 is 6.84. The summed E-state index contributed by atoms with van der Waals surface area (Å²) in [5, 5.41) is 17.9. The van der Waals surface area contributed by atoms with Crippen LogP contribution >= 0.6 is 11.6 Å². The Morgan fingerprint density at radius 2 is 2.11 bits per heavy atom. The molecular formula is C24H28ClN9O3. The van der Waals surface area contributed by atoms with Crippen molar-refractivity contribution < 1.29 is 9.53 Å². The molecule has 2 atom stereocenters. The molecule has 0 aliphatic carbocycles. The van der Waals surface area contributed by atoms with Crippen LogP contribution in [0.2, 0.25) is 5.02 Å². The number of amides is 1. The van der Waals surface area contributed by atoms with E-state index in [-0.39, 0.29) is 39.2 Å². The van der Waals surface area contributed by atoms with Gasteiger partial charge >= 0.3 is 6.09 Å². The minimum absolute atomic E-state index is 0.0402. The summed E-state index contributed by atoms with van der Waals surface area (Å²) in [6, 6.07) is 6.25. The summed E-state index contributed by atoms with van der Waals surface area (Å²) >= 11 is 6.39. The van der Waals surface area contributed by atoms with Gasteiger partial charge in [-0.25, -0.2) is 24.4 Å². The molecule has 0 bridgehead atoms. The lowest BCUT2D eigenvalue weighted by Gasteiger charge is -2.28. The van der Waals surface area contributed by atoms with Crippen molar-refractivity contribution >= 4 is 40.2 Å². The Morgan fingerprint density at radius 3 is 2.81 bits per heavy atom. The second-order valence-electron chi connectivity index (χ2n) is 9.73. The molecule has 0 saturated carbocycles. The number of nitrogens with zero attached hydrogens (tertiary/aromatic N) is 6. The molecule has 194 valence electrons. The zero-order chi connectivity index (χ0) is 26.9. The van der Waals surface area contributed by atoms with Gasteiger partial charge in [-0.1, -0.05) is 17.7 Å². The van der Waals surface area contributed by atoms with Gasteiger partial charge in [0.15, 0.2) is 5.82 Å². The molecule has 13 heteroatoms. The molecule has 1 aliphatic rings. The van der Waals surface area contributed by atoms with E-state index in [2.05, 4.69) is 20.6 Å². The quantitative estimate of drug-likeness (QED) is 0.451. The third-order valence-electron chi connectivity index (χ3n) is 5.75. The Hall–Kier alpha value is -4.11. The van der Waals surface area contributed by atoms with Crippen LogP contribution in [0.3, 0.4) is 0 Å². The van der Waals surface area contributed by atoms with E-state index in [9.17, 15) is 14.9 Å². The first-order valence-electron chi connectivity index (χ1n) is 11.7. The Balaban J connectivity index is 1.71. The van der Waals surface area contributed by atoms with Crippen LogP contribution in [0.5, 0.6) is 0 Å². The van der Waals surface area contributed by atoms with Crippen LogP contribution in [0.25, 0.3) is 10.9 Å². The molecule has 2 aromatic heterocycles. The topological polar surface area (TPSA) is 164 Å². The SMILES string of the molecule is C[C@H](Nc1ncnc(N)c1C#N)c1nc2cccc(Cl)c2c(=O)n1N1CCC(NC(=O)OC(C)(C)C)C1. The number of anilines is 2. The first kappa shape index (κ1) is 26.0. The van der Waals surface area contributed by atoms with Crippen molar-refractivity contribution in [3.63, 3.8) is 0 Å². The normalized spacial score (nSPS) is 16.3. The molecule has 12 nitrogen and oxygen atoms in total. The standard InChI is InChI=1S/C24H28ClN9O3/c1-13(30-20-15(10-26)19(27)28-12-29-20)21-32-17-7-5-6-16(25)18(17)22(35)34(21)33-9-8-14(11-33)31-23(36)37-24(2,3)4/h5-7,12-14H,8-9,11H2,1-4H3,(H,31,36)(H3,27,28,29,30)/t13-,14?/m0/s1. The summed E-state index contributed by atoms with van der Waals surface area (Å²) in [6.07, 6.45) is 1.32. The first-order valence-corrected chi connectivity index (χ1v) is 12.1. The fourth-order valence-electron chi connectivity index (χ4n) is 4.16. The largest absolute Gasteiger partial charge is 0.444 e.